The number of urea groups is 1. The average molecular weight is 297 g/mol. The maximum atomic E-state index is 12.0. The highest BCUT2D eigenvalue weighted by Gasteiger charge is 2.37. The van der Waals surface area contributed by atoms with E-state index in [1.54, 1.807) is 4.90 Å². The van der Waals surface area contributed by atoms with Crippen molar-refractivity contribution in [3.8, 4) is 0 Å². The van der Waals surface area contributed by atoms with Crippen molar-refractivity contribution in [2.45, 2.75) is 26.2 Å². The summed E-state index contributed by atoms with van der Waals surface area (Å²) in [5.74, 6) is -1.52. The molecule has 2 saturated heterocycles. The first-order chi connectivity index (χ1) is 9.99. The lowest BCUT2D eigenvalue weighted by Gasteiger charge is -2.27. The summed E-state index contributed by atoms with van der Waals surface area (Å²) in [7, 11) is 0. The highest BCUT2D eigenvalue weighted by Crippen LogP contribution is 2.22. The second-order valence-electron chi connectivity index (χ2n) is 5.93. The molecule has 118 valence electrons. The first-order valence-electron chi connectivity index (χ1n) is 7.52. The van der Waals surface area contributed by atoms with Crippen LogP contribution in [0.15, 0.2) is 0 Å². The zero-order chi connectivity index (χ0) is 15.4. The van der Waals surface area contributed by atoms with Crippen LogP contribution < -0.4 is 5.32 Å². The molecule has 3 amide bonds. The summed E-state index contributed by atoms with van der Waals surface area (Å²) in [6, 6.07) is -0.351. The summed E-state index contributed by atoms with van der Waals surface area (Å²) in [5.41, 5.74) is 0. The Kier molecular flexibility index (Phi) is 5.03. The molecule has 2 rings (SSSR count). The molecule has 21 heavy (non-hydrogen) atoms. The Labute approximate surface area is 124 Å². The van der Waals surface area contributed by atoms with Gasteiger partial charge in [-0.25, -0.2) is 4.79 Å². The average Bonchev–Trinajstić information content (AvgIpc) is 2.87. The first-order valence-corrected chi connectivity index (χ1v) is 7.52. The monoisotopic (exact) mass is 297 g/mol. The first kappa shape index (κ1) is 15.6. The third-order valence-corrected chi connectivity index (χ3v) is 4.32. The van der Waals surface area contributed by atoms with Crippen LogP contribution in [0.3, 0.4) is 0 Å². The molecule has 7 nitrogen and oxygen atoms in total. The minimum absolute atomic E-state index is 0.0124. The highest BCUT2D eigenvalue weighted by molar-refractivity contribution is 5.84. The van der Waals surface area contributed by atoms with Gasteiger partial charge in [0.1, 0.15) is 0 Å². The second kappa shape index (κ2) is 6.78. The minimum Gasteiger partial charge on any atom is -0.481 e. The largest absolute Gasteiger partial charge is 0.481 e. The lowest BCUT2D eigenvalue weighted by atomic mass is 9.99. The van der Waals surface area contributed by atoms with Gasteiger partial charge in [-0.05, 0) is 25.2 Å². The van der Waals surface area contributed by atoms with Crippen LogP contribution in [0, 0.1) is 11.8 Å². The Hall–Kier alpha value is -1.79. The van der Waals surface area contributed by atoms with E-state index in [1.165, 1.54) is 4.90 Å². The van der Waals surface area contributed by atoms with Crippen molar-refractivity contribution >= 4 is 17.9 Å². The lowest BCUT2D eigenvalue weighted by molar-refractivity contribution is -0.142. The molecule has 0 spiro atoms. The van der Waals surface area contributed by atoms with E-state index in [0.29, 0.717) is 6.54 Å². The molecule has 2 atom stereocenters. The topological polar surface area (TPSA) is 90.0 Å². The van der Waals surface area contributed by atoms with Gasteiger partial charge in [0, 0.05) is 26.2 Å². The Morgan fingerprint density at radius 3 is 2.33 bits per heavy atom. The van der Waals surface area contributed by atoms with E-state index in [4.69, 9.17) is 5.11 Å². The van der Waals surface area contributed by atoms with Crippen molar-refractivity contribution in [1.29, 1.82) is 0 Å². The SMILES string of the molecule is C[C@@H]1CN(C(=O)NCC(=O)N2CCCCC2)C[C@H]1C(=O)O. The van der Waals surface area contributed by atoms with Gasteiger partial charge in [-0.1, -0.05) is 6.92 Å². The summed E-state index contributed by atoms with van der Waals surface area (Å²) < 4.78 is 0. The Bertz CT molecular complexity index is 420. The van der Waals surface area contributed by atoms with Gasteiger partial charge in [0.25, 0.3) is 0 Å². The van der Waals surface area contributed by atoms with Crippen molar-refractivity contribution in [2.75, 3.05) is 32.7 Å². The molecule has 0 bridgehead atoms. The number of aliphatic carboxylic acids is 1. The molecule has 0 saturated carbocycles. The van der Waals surface area contributed by atoms with Crippen LogP contribution in [0.1, 0.15) is 26.2 Å². The number of carboxylic acids is 1. The fourth-order valence-corrected chi connectivity index (χ4v) is 2.97. The molecule has 0 aromatic rings. The zero-order valence-electron chi connectivity index (χ0n) is 12.4. The second-order valence-corrected chi connectivity index (χ2v) is 5.93. The van der Waals surface area contributed by atoms with E-state index in [-0.39, 0.29) is 30.9 Å². The molecule has 2 heterocycles. The van der Waals surface area contributed by atoms with Gasteiger partial charge in [-0.3, -0.25) is 9.59 Å². The summed E-state index contributed by atoms with van der Waals surface area (Å²) in [5, 5.41) is 11.7. The quantitative estimate of drug-likeness (QED) is 0.787. The van der Waals surface area contributed by atoms with Gasteiger partial charge >= 0.3 is 12.0 Å². The molecular weight excluding hydrogens is 274 g/mol. The van der Waals surface area contributed by atoms with Crippen LogP contribution >= 0.6 is 0 Å². The molecule has 0 aliphatic carbocycles. The molecule has 0 aromatic carbocycles. The maximum Gasteiger partial charge on any atom is 0.317 e. The third-order valence-electron chi connectivity index (χ3n) is 4.32. The number of carbonyl (C=O) groups excluding carboxylic acids is 2. The van der Waals surface area contributed by atoms with E-state index >= 15 is 0 Å². The summed E-state index contributed by atoms with van der Waals surface area (Å²) in [6.45, 7) is 3.96. The number of nitrogens with one attached hydrogen (secondary N) is 1. The number of nitrogens with zero attached hydrogens (tertiary/aromatic N) is 2. The molecule has 2 N–H and O–H groups in total. The van der Waals surface area contributed by atoms with Crippen LogP contribution in [0.2, 0.25) is 0 Å². The molecule has 2 aliphatic heterocycles. The number of rotatable bonds is 3. The van der Waals surface area contributed by atoms with Crippen LogP contribution in [0.4, 0.5) is 4.79 Å². The van der Waals surface area contributed by atoms with E-state index in [0.717, 1.165) is 32.4 Å². The number of carboxylic acid groups (broad SMARTS) is 1. The number of carbonyl (C=O) groups is 3. The van der Waals surface area contributed by atoms with Crippen molar-refractivity contribution in [1.82, 2.24) is 15.1 Å². The normalized spacial score (nSPS) is 25.8. The van der Waals surface area contributed by atoms with Gasteiger partial charge in [-0.15, -0.1) is 0 Å². The van der Waals surface area contributed by atoms with E-state index in [1.807, 2.05) is 6.92 Å². The molecule has 2 aliphatic rings. The molecule has 0 unspecified atom stereocenters. The molecule has 2 fully saturated rings. The number of hydrogen-bond acceptors (Lipinski definition) is 3. The summed E-state index contributed by atoms with van der Waals surface area (Å²) in [4.78, 5) is 38.2. The zero-order valence-corrected chi connectivity index (χ0v) is 12.4. The number of amides is 3. The Morgan fingerprint density at radius 2 is 1.76 bits per heavy atom. The maximum absolute atomic E-state index is 12.0. The van der Waals surface area contributed by atoms with Gasteiger partial charge in [0.2, 0.25) is 5.91 Å². The predicted octanol–water partition coefficient (Wildman–Crippen LogP) is 0.361. The smallest absolute Gasteiger partial charge is 0.317 e. The van der Waals surface area contributed by atoms with Crippen molar-refractivity contribution in [3.63, 3.8) is 0 Å². The van der Waals surface area contributed by atoms with Crippen LogP contribution in [-0.2, 0) is 9.59 Å². The Balaban J connectivity index is 1.77. The van der Waals surface area contributed by atoms with E-state index in [2.05, 4.69) is 5.32 Å². The van der Waals surface area contributed by atoms with Gasteiger partial charge in [0.15, 0.2) is 0 Å². The summed E-state index contributed by atoms with van der Waals surface area (Å²) in [6.07, 6.45) is 3.19. The number of piperidine rings is 1. The summed E-state index contributed by atoms with van der Waals surface area (Å²) >= 11 is 0. The van der Waals surface area contributed by atoms with Crippen molar-refractivity contribution in [2.24, 2.45) is 11.8 Å². The van der Waals surface area contributed by atoms with Crippen molar-refractivity contribution < 1.29 is 19.5 Å². The van der Waals surface area contributed by atoms with Crippen LogP contribution in [0.25, 0.3) is 0 Å². The fraction of sp³-hybridized carbons (Fsp3) is 0.786. The molecule has 0 radical (unpaired) electrons. The van der Waals surface area contributed by atoms with Gasteiger partial charge < -0.3 is 20.2 Å². The van der Waals surface area contributed by atoms with E-state index in [9.17, 15) is 14.4 Å². The lowest BCUT2D eigenvalue weighted by Crippen LogP contribution is -2.46. The molecule has 0 aromatic heterocycles. The van der Waals surface area contributed by atoms with Crippen molar-refractivity contribution in [3.05, 3.63) is 0 Å². The Morgan fingerprint density at radius 1 is 1.10 bits per heavy atom. The number of likely N-dealkylation sites (tertiary alicyclic amines) is 2. The molecular formula is C14H23N3O4. The fourth-order valence-electron chi connectivity index (χ4n) is 2.97. The van der Waals surface area contributed by atoms with Crippen LogP contribution in [-0.4, -0.2) is 65.5 Å². The van der Waals surface area contributed by atoms with Gasteiger partial charge in [-0.2, -0.15) is 0 Å². The van der Waals surface area contributed by atoms with E-state index < -0.39 is 11.9 Å². The third kappa shape index (κ3) is 3.86. The standard InChI is InChI=1S/C14H23N3O4/c1-10-8-17(9-11(10)13(19)20)14(21)15-7-12(18)16-5-3-2-4-6-16/h10-11H,2-9H2,1H3,(H,15,21)(H,19,20)/t10-,11-/m1/s1. The number of hydrogen-bond donors (Lipinski definition) is 2. The predicted molar refractivity (Wildman–Crippen MR) is 75.7 cm³/mol. The molecule has 7 heteroatoms. The highest BCUT2D eigenvalue weighted by atomic mass is 16.4. The van der Waals surface area contributed by atoms with Gasteiger partial charge in [0.05, 0.1) is 12.5 Å². The minimum atomic E-state index is -0.873. The van der Waals surface area contributed by atoms with Crippen LogP contribution in [0.5, 0.6) is 0 Å².